The van der Waals surface area contributed by atoms with Gasteiger partial charge in [-0.3, -0.25) is 4.79 Å². The standard InChI is InChI=1S/C30H43NO/c1-20-8-10-24-22(18-20)9-11-26-25(24)14-16-30(2)27(26)12-13-28(30)29(32)31-17-15-23(19-31)21-6-4-3-5-7-21/h3-7,20,22-28H,8-19H2,1-2H3/t20?,22?,23?,24?,25?,26?,27?,28-,30?/m1/s1. The maximum atomic E-state index is 13.8. The van der Waals surface area contributed by atoms with Gasteiger partial charge >= 0.3 is 0 Å². The van der Waals surface area contributed by atoms with Gasteiger partial charge in [0.1, 0.15) is 0 Å². The van der Waals surface area contributed by atoms with Crippen LogP contribution in [-0.2, 0) is 4.79 Å². The van der Waals surface area contributed by atoms with Crippen molar-refractivity contribution in [1.29, 1.82) is 0 Å². The Balaban J connectivity index is 1.15. The van der Waals surface area contributed by atoms with Crippen LogP contribution in [0.4, 0.5) is 0 Å². The first-order chi connectivity index (χ1) is 15.5. The summed E-state index contributed by atoms with van der Waals surface area (Å²) in [5.41, 5.74) is 1.68. The van der Waals surface area contributed by atoms with Crippen LogP contribution in [0.3, 0.4) is 0 Å². The van der Waals surface area contributed by atoms with E-state index in [2.05, 4.69) is 49.1 Å². The van der Waals surface area contributed by atoms with Crippen LogP contribution < -0.4 is 0 Å². The van der Waals surface area contributed by atoms with Crippen LogP contribution in [0.2, 0.25) is 0 Å². The summed E-state index contributed by atoms with van der Waals surface area (Å²) in [6.07, 6.45) is 13.7. The van der Waals surface area contributed by atoms with Crippen molar-refractivity contribution in [3.63, 3.8) is 0 Å². The number of hydrogen-bond acceptors (Lipinski definition) is 1. The predicted molar refractivity (Wildman–Crippen MR) is 130 cm³/mol. The second-order valence-corrected chi connectivity index (χ2v) is 12.7. The van der Waals surface area contributed by atoms with Crippen LogP contribution in [0, 0.1) is 46.8 Å². The van der Waals surface area contributed by atoms with Crippen LogP contribution in [0.15, 0.2) is 30.3 Å². The first-order valence-electron chi connectivity index (χ1n) is 13.9. The number of rotatable bonds is 2. The molecule has 4 saturated carbocycles. The minimum absolute atomic E-state index is 0.262. The van der Waals surface area contributed by atoms with E-state index in [0.717, 1.165) is 61.4 Å². The second-order valence-electron chi connectivity index (χ2n) is 12.7. The van der Waals surface area contributed by atoms with Crippen molar-refractivity contribution in [3.8, 4) is 0 Å². The van der Waals surface area contributed by atoms with Crippen LogP contribution >= 0.6 is 0 Å². The quantitative estimate of drug-likeness (QED) is 0.496. The van der Waals surface area contributed by atoms with Crippen molar-refractivity contribution in [3.05, 3.63) is 35.9 Å². The van der Waals surface area contributed by atoms with Crippen LogP contribution in [0.25, 0.3) is 0 Å². The van der Waals surface area contributed by atoms with E-state index in [1.54, 1.807) is 0 Å². The third-order valence-corrected chi connectivity index (χ3v) is 11.3. The topological polar surface area (TPSA) is 20.3 Å². The number of likely N-dealkylation sites (tertiary alicyclic amines) is 1. The lowest BCUT2D eigenvalue weighted by atomic mass is 9.49. The molecular weight excluding hydrogens is 390 g/mol. The summed E-state index contributed by atoms with van der Waals surface area (Å²) in [6.45, 7) is 6.91. The van der Waals surface area contributed by atoms with Crippen LogP contribution in [0.5, 0.6) is 0 Å². The van der Waals surface area contributed by atoms with Gasteiger partial charge in [-0.05, 0) is 104 Å². The molecule has 1 amide bonds. The fourth-order valence-corrected chi connectivity index (χ4v) is 9.67. The molecule has 0 bridgehead atoms. The Labute approximate surface area is 195 Å². The van der Waals surface area contributed by atoms with E-state index in [0.29, 0.717) is 11.8 Å². The molecule has 8 unspecified atom stereocenters. The number of amides is 1. The van der Waals surface area contributed by atoms with E-state index in [9.17, 15) is 4.79 Å². The van der Waals surface area contributed by atoms with Crippen LogP contribution in [0.1, 0.15) is 89.5 Å². The molecule has 5 fully saturated rings. The average molecular weight is 434 g/mol. The van der Waals surface area contributed by atoms with Crippen molar-refractivity contribution in [2.24, 2.45) is 46.8 Å². The van der Waals surface area contributed by atoms with Gasteiger partial charge in [-0.1, -0.05) is 50.6 Å². The van der Waals surface area contributed by atoms with E-state index >= 15 is 0 Å². The first kappa shape index (κ1) is 21.2. The molecule has 9 atom stereocenters. The highest BCUT2D eigenvalue weighted by Gasteiger charge is 2.59. The molecule has 1 aliphatic heterocycles. The molecule has 2 heteroatoms. The Hall–Kier alpha value is -1.31. The molecule has 0 N–H and O–H groups in total. The number of hydrogen-bond donors (Lipinski definition) is 0. The van der Waals surface area contributed by atoms with Gasteiger partial charge < -0.3 is 4.90 Å². The normalized spacial score (nSPS) is 45.8. The van der Waals surface area contributed by atoms with E-state index in [4.69, 9.17) is 0 Å². The van der Waals surface area contributed by atoms with Crippen molar-refractivity contribution in [2.75, 3.05) is 13.1 Å². The first-order valence-corrected chi connectivity index (χ1v) is 13.9. The molecule has 1 heterocycles. The minimum atomic E-state index is 0.262. The largest absolute Gasteiger partial charge is 0.342 e. The third kappa shape index (κ3) is 3.38. The molecule has 0 radical (unpaired) electrons. The summed E-state index contributed by atoms with van der Waals surface area (Å²) in [5.74, 6) is 7.00. The zero-order valence-electron chi connectivity index (χ0n) is 20.3. The molecule has 5 aliphatic rings. The van der Waals surface area contributed by atoms with E-state index in [1.807, 2.05) is 0 Å². The zero-order valence-corrected chi connectivity index (χ0v) is 20.3. The number of benzene rings is 1. The molecule has 1 aromatic carbocycles. The van der Waals surface area contributed by atoms with Gasteiger partial charge in [0, 0.05) is 24.9 Å². The fraction of sp³-hybridized carbons (Fsp3) is 0.767. The van der Waals surface area contributed by atoms with Gasteiger partial charge in [0.15, 0.2) is 0 Å². The average Bonchev–Trinajstić information content (AvgIpc) is 3.44. The monoisotopic (exact) mass is 433 g/mol. The van der Waals surface area contributed by atoms with Crippen molar-refractivity contribution in [1.82, 2.24) is 4.90 Å². The van der Waals surface area contributed by atoms with E-state index in [1.165, 1.54) is 56.9 Å². The number of fused-ring (bicyclic) bond motifs is 5. The Kier molecular flexibility index (Phi) is 5.42. The van der Waals surface area contributed by atoms with E-state index < -0.39 is 0 Å². The third-order valence-electron chi connectivity index (χ3n) is 11.3. The molecule has 1 aromatic rings. The van der Waals surface area contributed by atoms with Gasteiger partial charge in [0.25, 0.3) is 0 Å². The Morgan fingerprint density at radius 2 is 1.72 bits per heavy atom. The minimum Gasteiger partial charge on any atom is -0.342 e. The molecule has 6 rings (SSSR count). The zero-order chi connectivity index (χ0) is 21.9. The molecule has 1 saturated heterocycles. The number of carbonyl (C=O) groups is 1. The number of carbonyl (C=O) groups excluding carboxylic acids is 1. The summed E-state index contributed by atoms with van der Waals surface area (Å²) in [5, 5.41) is 0. The highest BCUT2D eigenvalue weighted by molar-refractivity contribution is 5.80. The molecular formula is C30H43NO. The predicted octanol–water partition coefficient (Wildman–Crippen LogP) is 6.91. The summed E-state index contributed by atoms with van der Waals surface area (Å²) in [4.78, 5) is 16.1. The van der Waals surface area contributed by atoms with E-state index in [-0.39, 0.29) is 11.3 Å². The lowest BCUT2D eigenvalue weighted by Gasteiger charge is -2.56. The van der Waals surface area contributed by atoms with Crippen molar-refractivity contribution >= 4 is 5.91 Å². The SMILES string of the molecule is CC1CCC2C(CCC3C2CCC2(C)C3CC[C@@H]2C(=O)N2CCC(c3ccccc3)C2)C1. The Bertz CT molecular complexity index is 834. The molecule has 0 spiro atoms. The summed E-state index contributed by atoms with van der Waals surface area (Å²) >= 11 is 0. The van der Waals surface area contributed by atoms with Gasteiger partial charge in [-0.25, -0.2) is 0 Å². The highest BCUT2D eigenvalue weighted by Crippen LogP contribution is 2.64. The summed E-state index contributed by atoms with van der Waals surface area (Å²) in [6, 6.07) is 10.9. The summed E-state index contributed by atoms with van der Waals surface area (Å²) in [7, 11) is 0. The van der Waals surface area contributed by atoms with Gasteiger partial charge in [-0.15, -0.1) is 0 Å². The lowest BCUT2D eigenvalue weighted by Crippen LogP contribution is -2.50. The maximum Gasteiger partial charge on any atom is 0.226 e. The Morgan fingerprint density at radius 1 is 0.906 bits per heavy atom. The molecule has 4 aliphatic carbocycles. The van der Waals surface area contributed by atoms with Crippen molar-refractivity contribution in [2.45, 2.75) is 84.0 Å². The highest BCUT2D eigenvalue weighted by atomic mass is 16.2. The number of nitrogens with zero attached hydrogens (tertiary/aromatic N) is 1. The molecule has 174 valence electrons. The molecule has 32 heavy (non-hydrogen) atoms. The Morgan fingerprint density at radius 3 is 2.56 bits per heavy atom. The fourth-order valence-electron chi connectivity index (χ4n) is 9.67. The second kappa shape index (κ2) is 8.17. The van der Waals surface area contributed by atoms with Crippen molar-refractivity contribution < 1.29 is 4.79 Å². The maximum absolute atomic E-state index is 13.8. The van der Waals surface area contributed by atoms with Gasteiger partial charge in [-0.2, -0.15) is 0 Å². The van der Waals surface area contributed by atoms with Gasteiger partial charge in [0.2, 0.25) is 5.91 Å². The lowest BCUT2D eigenvalue weighted by molar-refractivity contribution is -0.142. The molecule has 0 aromatic heterocycles. The smallest absolute Gasteiger partial charge is 0.226 e. The van der Waals surface area contributed by atoms with Crippen LogP contribution in [-0.4, -0.2) is 23.9 Å². The summed E-state index contributed by atoms with van der Waals surface area (Å²) < 4.78 is 0. The van der Waals surface area contributed by atoms with Gasteiger partial charge in [0.05, 0.1) is 0 Å². The molecule has 2 nitrogen and oxygen atoms in total.